The number of amides is 1. The molecule has 0 saturated heterocycles. The molecule has 23 heavy (non-hydrogen) atoms. The number of hydrogen-bond acceptors (Lipinski definition) is 3. The average molecular weight is 323 g/mol. The van der Waals surface area contributed by atoms with Crippen molar-refractivity contribution in [3.05, 3.63) is 81.4 Å². The first-order valence-corrected chi connectivity index (χ1v) is 8.60. The van der Waals surface area contributed by atoms with Crippen molar-refractivity contribution >= 4 is 17.2 Å². The first kappa shape index (κ1) is 14.3. The summed E-state index contributed by atoms with van der Waals surface area (Å²) in [6, 6.07) is 14.2. The summed E-state index contributed by atoms with van der Waals surface area (Å²) in [5.41, 5.74) is 3.06. The number of carbonyl (C=O) groups excluding carboxylic acids is 1. The van der Waals surface area contributed by atoms with Crippen molar-refractivity contribution in [1.29, 1.82) is 0 Å². The molecule has 0 bridgehead atoms. The summed E-state index contributed by atoms with van der Waals surface area (Å²) in [4.78, 5) is 16.4. The second-order valence-electron chi connectivity index (χ2n) is 5.75. The van der Waals surface area contributed by atoms with E-state index in [9.17, 15) is 4.79 Å². The minimum atomic E-state index is -0.0204. The van der Waals surface area contributed by atoms with Gasteiger partial charge in [-0.05, 0) is 42.0 Å². The van der Waals surface area contributed by atoms with Gasteiger partial charge < -0.3 is 9.32 Å². The van der Waals surface area contributed by atoms with Crippen molar-refractivity contribution in [3.63, 3.8) is 0 Å². The molecule has 0 spiro atoms. The van der Waals surface area contributed by atoms with Crippen molar-refractivity contribution < 1.29 is 9.21 Å². The Kier molecular flexibility index (Phi) is 3.54. The van der Waals surface area contributed by atoms with Gasteiger partial charge in [-0.1, -0.05) is 30.3 Å². The standard InChI is InChI=1S/C19H17NO2S/c1-13-15(8-11-22-13)19(21)20-10-7-17-16(9-12-23-17)18(20)14-5-3-2-4-6-14/h2-6,8-9,11-12,18H,7,10H2,1H3. The first-order chi connectivity index (χ1) is 11.3. The third-order valence-electron chi connectivity index (χ3n) is 4.43. The molecule has 3 nitrogen and oxygen atoms in total. The predicted octanol–water partition coefficient (Wildman–Crippen LogP) is 4.44. The molecule has 4 heteroatoms. The molecule has 4 rings (SSSR count). The van der Waals surface area contributed by atoms with E-state index in [0.717, 1.165) is 18.5 Å². The lowest BCUT2D eigenvalue weighted by molar-refractivity contribution is 0.0694. The van der Waals surface area contributed by atoms with Gasteiger partial charge in [0.05, 0.1) is 17.9 Å². The summed E-state index contributed by atoms with van der Waals surface area (Å²) in [7, 11) is 0. The summed E-state index contributed by atoms with van der Waals surface area (Å²) >= 11 is 1.78. The van der Waals surface area contributed by atoms with Crippen LogP contribution in [-0.2, 0) is 6.42 Å². The van der Waals surface area contributed by atoms with Crippen LogP contribution in [0, 0.1) is 6.92 Å². The molecular weight excluding hydrogens is 306 g/mol. The van der Waals surface area contributed by atoms with Crippen molar-refractivity contribution in [3.8, 4) is 0 Å². The van der Waals surface area contributed by atoms with Crippen LogP contribution in [0.15, 0.2) is 58.5 Å². The molecular formula is C19H17NO2S. The molecule has 3 heterocycles. The minimum absolute atomic E-state index is 0.0204. The van der Waals surface area contributed by atoms with Gasteiger partial charge in [0.1, 0.15) is 5.76 Å². The van der Waals surface area contributed by atoms with Crippen molar-refractivity contribution in [2.75, 3.05) is 6.54 Å². The number of rotatable bonds is 2. The summed E-state index contributed by atoms with van der Waals surface area (Å²) in [5.74, 6) is 0.722. The maximum atomic E-state index is 13.1. The Balaban J connectivity index is 1.80. The highest BCUT2D eigenvalue weighted by atomic mass is 32.1. The normalized spacial score (nSPS) is 17.1. The Morgan fingerprint density at radius 1 is 1.22 bits per heavy atom. The molecule has 2 aromatic heterocycles. The van der Waals surface area contributed by atoms with Gasteiger partial charge in [0.2, 0.25) is 0 Å². The van der Waals surface area contributed by atoms with Gasteiger partial charge in [0.15, 0.2) is 0 Å². The van der Waals surface area contributed by atoms with Gasteiger partial charge in [-0.2, -0.15) is 0 Å². The van der Waals surface area contributed by atoms with Crippen LogP contribution in [0.3, 0.4) is 0 Å². The quantitative estimate of drug-likeness (QED) is 0.698. The van der Waals surface area contributed by atoms with E-state index in [1.165, 1.54) is 10.4 Å². The Labute approximate surface area is 139 Å². The third kappa shape index (κ3) is 2.39. The third-order valence-corrected chi connectivity index (χ3v) is 5.43. The van der Waals surface area contributed by atoms with Crippen molar-refractivity contribution in [2.24, 2.45) is 0 Å². The minimum Gasteiger partial charge on any atom is -0.469 e. The lowest BCUT2D eigenvalue weighted by Gasteiger charge is -2.36. The maximum absolute atomic E-state index is 13.1. The van der Waals surface area contributed by atoms with Crippen LogP contribution in [0.5, 0.6) is 0 Å². The second kappa shape index (κ2) is 5.70. The van der Waals surface area contributed by atoms with Gasteiger partial charge in [0.25, 0.3) is 5.91 Å². The molecule has 0 fully saturated rings. The molecule has 0 saturated carbocycles. The van der Waals surface area contributed by atoms with Crippen LogP contribution in [0.2, 0.25) is 0 Å². The van der Waals surface area contributed by atoms with Gasteiger partial charge >= 0.3 is 0 Å². The molecule has 1 aliphatic heterocycles. The topological polar surface area (TPSA) is 33.5 Å². The number of benzene rings is 1. The number of hydrogen-bond donors (Lipinski definition) is 0. The Morgan fingerprint density at radius 3 is 2.78 bits per heavy atom. The van der Waals surface area contributed by atoms with Gasteiger partial charge in [-0.3, -0.25) is 4.79 Å². The Bertz CT molecular complexity index is 834. The van der Waals surface area contributed by atoms with E-state index in [1.807, 2.05) is 30.0 Å². The summed E-state index contributed by atoms with van der Waals surface area (Å²) < 4.78 is 5.33. The predicted molar refractivity (Wildman–Crippen MR) is 90.8 cm³/mol. The zero-order chi connectivity index (χ0) is 15.8. The Morgan fingerprint density at radius 2 is 2.04 bits per heavy atom. The number of carbonyl (C=O) groups is 1. The van der Waals surface area contributed by atoms with E-state index in [1.54, 1.807) is 23.7 Å². The van der Waals surface area contributed by atoms with E-state index < -0.39 is 0 Å². The molecule has 0 radical (unpaired) electrons. The highest BCUT2D eigenvalue weighted by Gasteiger charge is 2.34. The Hall–Kier alpha value is -2.33. The highest BCUT2D eigenvalue weighted by molar-refractivity contribution is 7.10. The molecule has 1 atom stereocenters. The first-order valence-electron chi connectivity index (χ1n) is 7.72. The van der Waals surface area contributed by atoms with E-state index in [-0.39, 0.29) is 11.9 Å². The van der Waals surface area contributed by atoms with Crippen LogP contribution in [-0.4, -0.2) is 17.4 Å². The molecule has 1 amide bonds. The average Bonchev–Trinajstić information content (AvgIpc) is 3.22. The molecule has 3 aromatic rings. The summed E-state index contributed by atoms with van der Waals surface area (Å²) in [5, 5.41) is 2.12. The molecule has 0 N–H and O–H groups in total. The molecule has 1 aliphatic rings. The van der Waals surface area contributed by atoms with E-state index in [4.69, 9.17) is 4.42 Å². The van der Waals surface area contributed by atoms with Gasteiger partial charge in [0, 0.05) is 11.4 Å². The van der Waals surface area contributed by atoms with Gasteiger partial charge in [-0.25, -0.2) is 0 Å². The van der Waals surface area contributed by atoms with E-state index in [2.05, 4.69) is 23.6 Å². The fourth-order valence-corrected chi connectivity index (χ4v) is 4.20. The van der Waals surface area contributed by atoms with E-state index >= 15 is 0 Å². The second-order valence-corrected chi connectivity index (χ2v) is 6.75. The summed E-state index contributed by atoms with van der Waals surface area (Å²) in [6.45, 7) is 2.57. The number of nitrogens with zero attached hydrogens (tertiary/aromatic N) is 1. The van der Waals surface area contributed by atoms with Crippen LogP contribution in [0.4, 0.5) is 0 Å². The van der Waals surface area contributed by atoms with Crippen LogP contribution in [0.25, 0.3) is 0 Å². The van der Waals surface area contributed by atoms with Crippen LogP contribution >= 0.6 is 11.3 Å². The summed E-state index contributed by atoms with van der Waals surface area (Å²) in [6.07, 6.45) is 2.50. The van der Waals surface area contributed by atoms with Gasteiger partial charge in [-0.15, -0.1) is 11.3 Å². The SMILES string of the molecule is Cc1occc1C(=O)N1CCc2sccc2C1c1ccccc1. The van der Waals surface area contributed by atoms with E-state index in [0.29, 0.717) is 11.3 Å². The smallest absolute Gasteiger partial charge is 0.258 e. The lowest BCUT2D eigenvalue weighted by Crippen LogP contribution is -2.40. The fraction of sp³-hybridized carbons (Fsp3) is 0.211. The molecule has 1 unspecified atom stereocenters. The molecule has 0 aliphatic carbocycles. The van der Waals surface area contributed by atoms with Crippen LogP contribution < -0.4 is 0 Å². The van der Waals surface area contributed by atoms with Crippen LogP contribution in [0.1, 0.15) is 38.2 Å². The number of furan rings is 1. The molecule has 116 valence electrons. The fourth-order valence-electron chi connectivity index (χ4n) is 3.29. The number of thiophene rings is 1. The zero-order valence-corrected chi connectivity index (χ0v) is 13.7. The maximum Gasteiger partial charge on any atom is 0.258 e. The lowest BCUT2D eigenvalue weighted by atomic mass is 9.92. The zero-order valence-electron chi connectivity index (χ0n) is 12.9. The van der Waals surface area contributed by atoms with Crippen molar-refractivity contribution in [2.45, 2.75) is 19.4 Å². The number of aryl methyl sites for hydroxylation is 1. The largest absolute Gasteiger partial charge is 0.469 e. The molecule has 1 aromatic carbocycles. The van der Waals surface area contributed by atoms with Crippen molar-refractivity contribution in [1.82, 2.24) is 4.90 Å². The monoisotopic (exact) mass is 323 g/mol. The highest BCUT2D eigenvalue weighted by Crippen LogP contribution is 2.38. The number of fused-ring (bicyclic) bond motifs is 1.